The van der Waals surface area contributed by atoms with Gasteiger partial charge in [-0.25, -0.2) is 4.98 Å². The molecule has 0 bridgehead atoms. The lowest BCUT2D eigenvalue weighted by molar-refractivity contribution is 0.292. The quantitative estimate of drug-likeness (QED) is 0.486. The second-order valence-electron chi connectivity index (χ2n) is 5.73. The largest absolute Gasteiger partial charge is 0.491 e. The Morgan fingerprint density at radius 3 is 2.76 bits per heavy atom. The van der Waals surface area contributed by atoms with Crippen molar-refractivity contribution in [3.05, 3.63) is 62.6 Å². The van der Waals surface area contributed by atoms with E-state index in [1.54, 1.807) is 17.0 Å². The third kappa shape index (κ3) is 3.43. The highest BCUT2D eigenvalue weighted by molar-refractivity contribution is 7.73. The number of aromatic nitrogens is 3. The summed E-state index contributed by atoms with van der Waals surface area (Å²) in [7, 11) is 0. The van der Waals surface area contributed by atoms with E-state index in [2.05, 4.69) is 11.6 Å². The van der Waals surface area contributed by atoms with Gasteiger partial charge in [-0.1, -0.05) is 35.6 Å². The first-order valence-electron chi connectivity index (χ1n) is 7.91. The molecule has 0 spiro atoms. The molecule has 25 heavy (non-hydrogen) atoms. The average molecular weight is 374 g/mol. The zero-order chi connectivity index (χ0) is 18.0. The molecule has 0 N–H and O–H groups in total. The van der Waals surface area contributed by atoms with E-state index >= 15 is 0 Å². The third-order valence-corrected chi connectivity index (χ3v) is 5.37. The molecule has 3 aromatic rings. The van der Waals surface area contributed by atoms with Gasteiger partial charge in [0.15, 0.2) is 9.60 Å². The molecule has 5 nitrogen and oxygen atoms in total. The maximum atomic E-state index is 12.7. The Hall–Kier alpha value is -2.25. The van der Waals surface area contributed by atoms with Crippen molar-refractivity contribution in [2.24, 2.45) is 0 Å². The van der Waals surface area contributed by atoms with Crippen molar-refractivity contribution >= 4 is 33.9 Å². The first-order valence-corrected chi connectivity index (χ1v) is 9.14. The number of allylic oxidation sites excluding steroid dienone is 1. The Morgan fingerprint density at radius 2 is 2.08 bits per heavy atom. The maximum absolute atomic E-state index is 12.7. The van der Waals surface area contributed by atoms with Gasteiger partial charge in [-0.05, 0) is 37.2 Å². The minimum absolute atomic E-state index is 0.0889. The highest BCUT2D eigenvalue weighted by Gasteiger charge is 2.11. The average Bonchev–Trinajstić information content (AvgIpc) is 2.90. The van der Waals surface area contributed by atoms with Crippen molar-refractivity contribution in [1.82, 2.24) is 14.1 Å². The van der Waals surface area contributed by atoms with E-state index in [4.69, 9.17) is 17.0 Å². The molecule has 0 aliphatic heterocycles. The molecule has 2 aromatic heterocycles. The lowest BCUT2D eigenvalue weighted by Gasteiger charge is -2.12. The molecular weight excluding hydrogens is 354 g/mol. The SMILES string of the molecule is C=CCn1c(=S)sc2c(=O)n(CCOc3c(C)cccc3C)cnc21. The molecule has 0 unspecified atom stereocenters. The summed E-state index contributed by atoms with van der Waals surface area (Å²) in [6, 6.07) is 6.02. The second-order valence-corrected chi connectivity index (χ2v) is 7.38. The fraction of sp³-hybridized carbons (Fsp3) is 0.278. The molecule has 0 saturated heterocycles. The van der Waals surface area contributed by atoms with E-state index in [0.717, 1.165) is 16.9 Å². The van der Waals surface area contributed by atoms with E-state index < -0.39 is 0 Å². The number of fused-ring (bicyclic) bond motifs is 1. The minimum atomic E-state index is -0.0889. The van der Waals surface area contributed by atoms with E-state index in [-0.39, 0.29) is 5.56 Å². The summed E-state index contributed by atoms with van der Waals surface area (Å²) in [5, 5.41) is 0. The monoisotopic (exact) mass is 373 g/mol. The van der Waals surface area contributed by atoms with Crippen molar-refractivity contribution < 1.29 is 4.74 Å². The van der Waals surface area contributed by atoms with Crippen molar-refractivity contribution in [3.8, 4) is 5.75 Å². The van der Waals surface area contributed by atoms with Gasteiger partial charge >= 0.3 is 0 Å². The molecule has 7 heteroatoms. The van der Waals surface area contributed by atoms with Crippen LogP contribution in [0.4, 0.5) is 0 Å². The summed E-state index contributed by atoms with van der Waals surface area (Å²) < 4.78 is 10.5. The van der Waals surface area contributed by atoms with Crippen LogP contribution >= 0.6 is 23.6 Å². The number of para-hydroxylation sites is 1. The summed E-state index contributed by atoms with van der Waals surface area (Å²) >= 11 is 6.61. The number of ether oxygens (including phenoxy) is 1. The van der Waals surface area contributed by atoms with Gasteiger partial charge in [-0.2, -0.15) is 0 Å². The van der Waals surface area contributed by atoms with E-state index in [1.807, 2.05) is 36.6 Å². The van der Waals surface area contributed by atoms with Gasteiger partial charge in [-0.15, -0.1) is 6.58 Å². The molecule has 0 amide bonds. The third-order valence-electron chi connectivity index (χ3n) is 3.94. The number of hydrogen-bond donors (Lipinski definition) is 0. The molecule has 2 heterocycles. The number of aryl methyl sites for hydroxylation is 2. The predicted octanol–water partition coefficient (Wildman–Crippen LogP) is 3.87. The molecule has 0 radical (unpaired) electrons. The van der Waals surface area contributed by atoms with Gasteiger partial charge in [0.05, 0.1) is 6.54 Å². The Kier molecular flexibility index (Phi) is 5.15. The van der Waals surface area contributed by atoms with E-state index in [0.29, 0.717) is 34.0 Å². The lowest BCUT2D eigenvalue weighted by Crippen LogP contribution is -2.23. The van der Waals surface area contributed by atoms with Crippen LogP contribution in [0.5, 0.6) is 5.75 Å². The van der Waals surface area contributed by atoms with Crippen LogP contribution in [0, 0.1) is 17.8 Å². The zero-order valence-corrected chi connectivity index (χ0v) is 15.8. The summed E-state index contributed by atoms with van der Waals surface area (Å²) in [6.07, 6.45) is 3.30. The summed E-state index contributed by atoms with van der Waals surface area (Å²) in [5.41, 5.74) is 2.70. The van der Waals surface area contributed by atoms with E-state index in [9.17, 15) is 4.79 Å². The van der Waals surface area contributed by atoms with E-state index in [1.165, 1.54) is 11.3 Å². The molecule has 0 atom stereocenters. The van der Waals surface area contributed by atoms with Crippen molar-refractivity contribution in [3.63, 3.8) is 0 Å². The smallest absolute Gasteiger partial charge is 0.273 e. The lowest BCUT2D eigenvalue weighted by atomic mass is 10.1. The van der Waals surface area contributed by atoms with Gasteiger partial charge in [0, 0.05) is 6.54 Å². The fourth-order valence-corrected chi connectivity index (χ4v) is 4.01. The first-order chi connectivity index (χ1) is 12.0. The molecule has 0 saturated carbocycles. The fourth-order valence-electron chi connectivity index (χ4n) is 2.69. The standard InChI is InChI=1S/C18H19N3O2S2/c1-4-8-21-16-15(25-18(21)24)17(22)20(11-19-16)9-10-23-14-12(2)6-5-7-13(14)3/h4-7,11H,1,8-10H2,2-3H3. The molecule has 1 aromatic carbocycles. The van der Waals surface area contributed by atoms with Crippen LogP contribution in [-0.4, -0.2) is 20.7 Å². The van der Waals surface area contributed by atoms with Crippen LogP contribution in [0.2, 0.25) is 0 Å². The molecule has 0 aliphatic rings. The highest BCUT2D eigenvalue weighted by atomic mass is 32.1. The van der Waals surface area contributed by atoms with Gasteiger partial charge < -0.3 is 9.30 Å². The van der Waals surface area contributed by atoms with Crippen LogP contribution in [0.15, 0.2) is 42.0 Å². The number of nitrogens with zero attached hydrogens (tertiary/aromatic N) is 3. The molecule has 0 fully saturated rings. The van der Waals surface area contributed by atoms with Crippen molar-refractivity contribution in [2.75, 3.05) is 6.61 Å². The summed E-state index contributed by atoms with van der Waals surface area (Å²) in [5.74, 6) is 0.873. The van der Waals surface area contributed by atoms with Crippen LogP contribution in [-0.2, 0) is 13.1 Å². The normalized spacial score (nSPS) is 11.0. The minimum Gasteiger partial charge on any atom is -0.491 e. The number of rotatable bonds is 6. The van der Waals surface area contributed by atoms with Gasteiger partial charge in [-0.3, -0.25) is 9.36 Å². The van der Waals surface area contributed by atoms with Gasteiger partial charge in [0.2, 0.25) is 0 Å². The number of thiazole rings is 1. The van der Waals surface area contributed by atoms with Crippen LogP contribution in [0.1, 0.15) is 11.1 Å². The molecular formula is C18H19N3O2S2. The summed E-state index contributed by atoms with van der Waals surface area (Å²) in [6.45, 7) is 9.12. The van der Waals surface area contributed by atoms with Crippen LogP contribution in [0.3, 0.4) is 0 Å². The van der Waals surface area contributed by atoms with Crippen LogP contribution in [0.25, 0.3) is 10.3 Å². The first kappa shape index (κ1) is 17.6. The zero-order valence-electron chi connectivity index (χ0n) is 14.2. The van der Waals surface area contributed by atoms with Gasteiger partial charge in [0.25, 0.3) is 5.56 Å². The Morgan fingerprint density at radius 1 is 1.36 bits per heavy atom. The van der Waals surface area contributed by atoms with Crippen molar-refractivity contribution in [1.29, 1.82) is 0 Å². The van der Waals surface area contributed by atoms with Gasteiger partial charge in [0.1, 0.15) is 23.4 Å². The Balaban J connectivity index is 1.83. The number of hydrogen-bond acceptors (Lipinski definition) is 5. The molecule has 3 rings (SSSR count). The molecule has 0 aliphatic carbocycles. The molecule has 130 valence electrons. The highest BCUT2D eigenvalue weighted by Crippen LogP contribution is 2.22. The Labute approximate surface area is 154 Å². The van der Waals surface area contributed by atoms with Crippen LogP contribution < -0.4 is 10.3 Å². The number of benzene rings is 1. The Bertz CT molecular complexity index is 1030. The predicted molar refractivity (Wildman–Crippen MR) is 104 cm³/mol. The van der Waals surface area contributed by atoms with Crippen molar-refractivity contribution in [2.45, 2.75) is 26.9 Å². The topological polar surface area (TPSA) is 49.0 Å². The second kappa shape index (κ2) is 7.33. The maximum Gasteiger partial charge on any atom is 0.273 e. The summed E-state index contributed by atoms with van der Waals surface area (Å²) in [4.78, 5) is 17.1.